The smallest absolute Gasteiger partial charge is 0.246 e. The number of amides is 1. The van der Waals surface area contributed by atoms with Crippen molar-refractivity contribution in [2.45, 2.75) is 0 Å². The minimum Gasteiger partial charge on any atom is -0.507 e. The summed E-state index contributed by atoms with van der Waals surface area (Å²) in [6.45, 7) is -0.201. The highest BCUT2D eigenvalue weighted by Crippen LogP contribution is 2.14. The van der Waals surface area contributed by atoms with E-state index in [1.165, 1.54) is 18.3 Å². The SMILES string of the molecule is O=C(CN=Cc1ccccc1O)Nc1ccc(F)c(F)c1. The number of nitrogens with one attached hydrogen (secondary N) is 1. The van der Waals surface area contributed by atoms with Gasteiger partial charge in [0.15, 0.2) is 11.6 Å². The number of carbonyl (C=O) groups excluding carboxylic acids is 1. The predicted octanol–water partition coefficient (Wildman–Crippen LogP) is 2.73. The Morgan fingerprint density at radius 3 is 2.67 bits per heavy atom. The first kappa shape index (κ1) is 14.6. The molecule has 21 heavy (non-hydrogen) atoms. The van der Waals surface area contributed by atoms with Crippen molar-refractivity contribution in [1.29, 1.82) is 0 Å². The predicted molar refractivity (Wildman–Crippen MR) is 75.6 cm³/mol. The van der Waals surface area contributed by atoms with E-state index in [4.69, 9.17) is 0 Å². The van der Waals surface area contributed by atoms with Crippen molar-refractivity contribution in [2.24, 2.45) is 4.99 Å². The molecule has 0 aliphatic heterocycles. The first-order chi connectivity index (χ1) is 10.1. The molecule has 0 atom stereocenters. The zero-order chi connectivity index (χ0) is 15.2. The fourth-order valence-corrected chi connectivity index (χ4v) is 1.60. The van der Waals surface area contributed by atoms with Gasteiger partial charge in [-0.15, -0.1) is 0 Å². The van der Waals surface area contributed by atoms with Crippen LogP contribution in [0.4, 0.5) is 14.5 Å². The van der Waals surface area contributed by atoms with Crippen molar-refractivity contribution in [3.05, 3.63) is 59.7 Å². The molecule has 1 amide bonds. The monoisotopic (exact) mass is 290 g/mol. The Hall–Kier alpha value is -2.76. The van der Waals surface area contributed by atoms with E-state index in [9.17, 15) is 18.7 Å². The van der Waals surface area contributed by atoms with Crippen LogP contribution in [-0.2, 0) is 4.79 Å². The first-order valence-electron chi connectivity index (χ1n) is 6.09. The zero-order valence-corrected chi connectivity index (χ0v) is 10.9. The Kier molecular flexibility index (Phi) is 4.61. The van der Waals surface area contributed by atoms with Crippen LogP contribution in [0.25, 0.3) is 0 Å². The van der Waals surface area contributed by atoms with Crippen molar-refractivity contribution in [2.75, 3.05) is 11.9 Å². The molecule has 0 radical (unpaired) electrons. The lowest BCUT2D eigenvalue weighted by Gasteiger charge is -2.03. The number of anilines is 1. The lowest BCUT2D eigenvalue weighted by Crippen LogP contribution is -2.15. The molecule has 0 spiro atoms. The normalized spacial score (nSPS) is 10.8. The lowest BCUT2D eigenvalue weighted by molar-refractivity contribution is -0.114. The van der Waals surface area contributed by atoms with E-state index in [0.29, 0.717) is 5.56 Å². The van der Waals surface area contributed by atoms with Gasteiger partial charge in [0, 0.05) is 23.5 Å². The van der Waals surface area contributed by atoms with E-state index in [1.54, 1.807) is 18.2 Å². The molecule has 108 valence electrons. The second-order valence-corrected chi connectivity index (χ2v) is 4.21. The summed E-state index contributed by atoms with van der Waals surface area (Å²) in [5.41, 5.74) is 0.634. The lowest BCUT2D eigenvalue weighted by atomic mass is 10.2. The average Bonchev–Trinajstić information content (AvgIpc) is 2.45. The summed E-state index contributed by atoms with van der Waals surface area (Å²) in [6, 6.07) is 9.61. The van der Waals surface area contributed by atoms with Crippen LogP contribution in [0.1, 0.15) is 5.56 Å². The number of nitrogens with zero attached hydrogens (tertiary/aromatic N) is 1. The van der Waals surface area contributed by atoms with Crippen molar-refractivity contribution < 1.29 is 18.7 Å². The Morgan fingerprint density at radius 1 is 1.19 bits per heavy atom. The fourth-order valence-electron chi connectivity index (χ4n) is 1.60. The number of halogens is 2. The number of hydrogen-bond acceptors (Lipinski definition) is 3. The van der Waals surface area contributed by atoms with E-state index < -0.39 is 17.5 Å². The summed E-state index contributed by atoms with van der Waals surface area (Å²) >= 11 is 0. The van der Waals surface area contributed by atoms with Crippen LogP contribution in [0.15, 0.2) is 47.5 Å². The molecule has 2 N–H and O–H groups in total. The van der Waals surface area contributed by atoms with Gasteiger partial charge in [0.2, 0.25) is 5.91 Å². The summed E-state index contributed by atoms with van der Waals surface area (Å²) in [5.74, 6) is -2.44. The van der Waals surface area contributed by atoms with Gasteiger partial charge in [-0.05, 0) is 24.3 Å². The highest BCUT2D eigenvalue weighted by molar-refractivity contribution is 5.94. The van der Waals surface area contributed by atoms with Crippen LogP contribution in [-0.4, -0.2) is 23.8 Å². The number of phenolic OH excluding ortho intramolecular Hbond substituents is 1. The summed E-state index contributed by atoms with van der Waals surface area (Å²) in [7, 11) is 0. The standard InChI is InChI=1S/C15H12F2N2O2/c16-12-6-5-11(7-13(12)17)19-15(21)9-18-8-10-3-1-2-4-14(10)20/h1-8,20H,9H2,(H,19,21). The van der Waals surface area contributed by atoms with Crippen LogP contribution >= 0.6 is 0 Å². The quantitative estimate of drug-likeness (QED) is 0.850. The van der Waals surface area contributed by atoms with E-state index in [2.05, 4.69) is 10.3 Å². The molecular formula is C15H12F2N2O2. The number of carbonyl (C=O) groups is 1. The topological polar surface area (TPSA) is 61.7 Å². The van der Waals surface area contributed by atoms with Gasteiger partial charge in [-0.2, -0.15) is 0 Å². The minimum atomic E-state index is -1.04. The maximum Gasteiger partial charge on any atom is 0.246 e. The van der Waals surface area contributed by atoms with Gasteiger partial charge in [0.25, 0.3) is 0 Å². The molecule has 4 nitrogen and oxygen atoms in total. The molecule has 0 heterocycles. The number of aromatic hydroxyl groups is 1. The first-order valence-corrected chi connectivity index (χ1v) is 6.09. The van der Waals surface area contributed by atoms with E-state index in [0.717, 1.165) is 12.1 Å². The third-order valence-corrected chi connectivity index (χ3v) is 2.61. The van der Waals surface area contributed by atoms with Gasteiger partial charge in [0.05, 0.1) is 0 Å². The second-order valence-electron chi connectivity index (χ2n) is 4.21. The van der Waals surface area contributed by atoms with Gasteiger partial charge in [-0.25, -0.2) is 8.78 Å². The maximum atomic E-state index is 13.0. The fraction of sp³-hybridized carbons (Fsp3) is 0.0667. The molecule has 2 rings (SSSR count). The van der Waals surface area contributed by atoms with Gasteiger partial charge in [0.1, 0.15) is 12.3 Å². The molecule has 0 aromatic heterocycles. The molecule has 0 unspecified atom stereocenters. The van der Waals surface area contributed by atoms with Crippen molar-refractivity contribution in [3.8, 4) is 5.75 Å². The van der Waals surface area contributed by atoms with Gasteiger partial charge in [-0.3, -0.25) is 9.79 Å². The molecule has 0 aliphatic rings. The number of aliphatic imine (C=N–C) groups is 1. The van der Waals surface area contributed by atoms with Crippen LogP contribution in [0.3, 0.4) is 0 Å². The number of benzene rings is 2. The highest BCUT2D eigenvalue weighted by Gasteiger charge is 2.05. The van der Waals surface area contributed by atoms with Gasteiger partial charge in [-0.1, -0.05) is 12.1 Å². The zero-order valence-electron chi connectivity index (χ0n) is 10.9. The summed E-state index contributed by atoms with van der Waals surface area (Å²) in [6.07, 6.45) is 1.36. The number of rotatable bonds is 4. The molecule has 0 fully saturated rings. The van der Waals surface area contributed by atoms with E-state index in [1.807, 2.05) is 0 Å². The van der Waals surface area contributed by atoms with Crippen molar-refractivity contribution in [3.63, 3.8) is 0 Å². The Bertz CT molecular complexity index is 687. The van der Waals surface area contributed by atoms with Gasteiger partial charge < -0.3 is 10.4 Å². The highest BCUT2D eigenvalue weighted by atomic mass is 19.2. The van der Waals surface area contributed by atoms with Crippen LogP contribution in [0, 0.1) is 11.6 Å². The molecule has 0 saturated carbocycles. The molecule has 2 aromatic rings. The Labute approximate surface area is 119 Å². The molecule has 0 aliphatic carbocycles. The maximum absolute atomic E-state index is 13.0. The van der Waals surface area contributed by atoms with Crippen LogP contribution in [0.2, 0.25) is 0 Å². The minimum absolute atomic E-state index is 0.0577. The molecule has 2 aromatic carbocycles. The molecular weight excluding hydrogens is 278 g/mol. The van der Waals surface area contributed by atoms with Gasteiger partial charge >= 0.3 is 0 Å². The Balaban J connectivity index is 1.93. The average molecular weight is 290 g/mol. The summed E-state index contributed by atoms with van der Waals surface area (Å²) < 4.78 is 25.7. The van der Waals surface area contributed by atoms with Crippen molar-refractivity contribution >= 4 is 17.8 Å². The third-order valence-electron chi connectivity index (χ3n) is 2.61. The number of hydrogen-bond donors (Lipinski definition) is 2. The Morgan fingerprint density at radius 2 is 1.95 bits per heavy atom. The van der Waals surface area contributed by atoms with E-state index >= 15 is 0 Å². The number of para-hydroxylation sites is 1. The molecule has 6 heteroatoms. The van der Waals surface area contributed by atoms with E-state index in [-0.39, 0.29) is 18.0 Å². The largest absolute Gasteiger partial charge is 0.507 e. The molecule has 0 saturated heterocycles. The summed E-state index contributed by atoms with van der Waals surface area (Å²) in [5, 5.41) is 11.9. The third kappa shape index (κ3) is 4.10. The van der Waals surface area contributed by atoms with Crippen LogP contribution < -0.4 is 5.32 Å². The van der Waals surface area contributed by atoms with Crippen LogP contribution in [0.5, 0.6) is 5.75 Å². The molecule has 0 bridgehead atoms. The summed E-state index contributed by atoms with van der Waals surface area (Å²) in [4.78, 5) is 15.5. The number of phenols is 1. The van der Waals surface area contributed by atoms with Crippen molar-refractivity contribution in [1.82, 2.24) is 0 Å². The second kappa shape index (κ2) is 6.60.